The van der Waals surface area contributed by atoms with E-state index in [2.05, 4.69) is 44.0 Å². The van der Waals surface area contributed by atoms with Crippen LogP contribution >= 0.6 is 11.6 Å². The Bertz CT molecular complexity index is 289. The van der Waals surface area contributed by atoms with Gasteiger partial charge in [0.1, 0.15) is 0 Å². The third-order valence-corrected chi connectivity index (χ3v) is 2.97. The van der Waals surface area contributed by atoms with Crippen molar-refractivity contribution in [3.8, 4) is 0 Å². The van der Waals surface area contributed by atoms with E-state index in [4.69, 9.17) is 11.6 Å². The lowest BCUT2D eigenvalue weighted by atomic mass is 10.1. The van der Waals surface area contributed by atoms with Crippen molar-refractivity contribution in [2.45, 2.75) is 26.7 Å². The maximum atomic E-state index is 5.68. The van der Waals surface area contributed by atoms with Crippen LogP contribution in [0.4, 0.5) is 5.69 Å². The lowest BCUT2D eigenvalue weighted by Gasteiger charge is -2.23. The molecule has 0 aliphatic heterocycles. The molecule has 1 nitrogen and oxygen atoms in total. The first kappa shape index (κ1) is 12.4. The molecule has 0 N–H and O–H groups in total. The summed E-state index contributed by atoms with van der Waals surface area (Å²) in [5.74, 6) is 0.764. The molecule has 84 valence electrons. The fourth-order valence-electron chi connectivity index (χ4n) is 1.96. The third-order valence-electron chi connectivity index (χ3n) is 2.70. The highest BCUT2D eigenvalue weighted by Gasteiger charge is 2.06. The first-order chi connectivity index (χ1) is 7.16. The quantitative estimate of drug-likeness (QED) is 0.545. The van der Waals surface area contributed by atoms with Gasteiger partial charge in [-0.2, -0.15) is 0 Å². The van der Waals surface area contributed by atoms with E-state index >= 15 is 0 Å². The van der Waals surface area contributed by atoms with E-state index < -0.39 is 0 Å². The fraction of sp³-hybridized carbons (Fsp3) is 0.538. The van der Waals surface area contributed by atoms with Gasteiger partial charge in [0, 0.05) is 25.2 Å². The Kier molecular flexibility index (Phi) is 4.97. The first-order valence-electron chi connectivity index (χ1n) is 5.50. The molecule has 0 aromatic heterocycles. The Hall–Kier alpha value is -0.690. The van der Waals surface area contributed by atoms with Gasteiger partial charge < -0.3 is 4.90 Å². The van der Waals surface area contributed by atoms with Crippen molar-refractivity contribution >= 4 is 17.3 Å². The first-order valence-corrected chi connectivity index (χ1v) is 6.03. The number of anilines is 1. The average molecular weight is 226 g/mol. The Morgan fingerprint density at radius 1 is 1.13 bits per heavy atom. The van der Waals surface area contributed by atoms with Crippen LogP contribution in [-0.2, 0) is 0 Å². The lowest BCUT2D eigenvalue weighted by Crippen LogP contribution is -2.20. The van der Waals surface area contributed by atoms with Crippen molar-refractivity contribution in [2.24, 2.45) is 0 Å². The monoisotopic (exact) mass is 225 g/mol. The van der Waals surface area contributed by atoms with Crippen molar-refractivity contribution in [1.82, 2.24) is 0 Å². The summed E-state index contributed by atoms with van der Waals surface area (Å²) in [5.41, 5.74) is 4.07. The number of alkyl halides is 1. The van der Waals surface area contributed by atoms with E-state index in [1.165, 1.54) is 16.8 Å². The summed E-state index contributed by atoms with van der Waals surface area (Å²) in [6.07, 6.45) is 2.25. The van der Waals surface area contributed by atoms with Crippen LogP contribution in [0, 0.1) is 13.8 Å². The van der Waals surface area contributed by atoms with Crippen LogP contribution in [0.1, 0.15) is 24.0 Å². The molecule has 1 aromatic carbocycles. The van der Waals surface area contributed by atoms with Gasteiger partial charge in [-0.15, -0.1) is 11.6 Å². The summed E-state index contributed by atoms with van der Waals surface area (Å²) < 4.78 is 0. The van der Waals surface area contributed by atoms with E-state index in [9.17, 15) is 0 Å². The van der Waals surface area contributed by atoms with Crippen LogP contribution in [0.2, 0.25) is 0 Å². The van der Waals surface area contributed by atoms with Crippen molar-refractivity contribution in [3.05, 3.63) is 29.3 Å². The summed E-state index contributed by atoms with van der Waals surface area (Å²) in [6, 6.07) is 6.45. The van der Waals surface area contributed by atoms with E-state index in [0.717, 1.165) is 25.3 Å². The van der Waals surface area contributed by atoms with Crippen molar-refractivity contribution in [2.75, 3.05) is 24.4 Å². The van der Waals surface area contributed by atoms with Crippen molar-refractivity contribution in [1.29, 1.82) is 0 Å². The predicted octanol–water partition coefficient (Wildman–Crippen LogP) is 3.76. The highest BCUT2D eigenvalue weighted by atomic mass is 35.5. The smallest absolute Gasteiger partial charge is 0.0423 e. The fourth-order valence-corrected chi connectivity index (χ4v) is 2.15. The normalized spacial score (nSPS) is 10.4. The number of unbranched alkanes of at least 4 members (excludes halogenated alkanes) is 1. The maximum Gasteiger partial charge on any atom is 0.0423 e. The zero-order valence-corrected chi connectivity index (χ0v) is 10.6. The van der Waals surface area contributed by atoms with E-state index in [-0.39, 0.29) is 0 Å². The highest BCUT2D eigenvalue weighted by Crippen LogP contribution is 2.23. The third kappa shape index (κ3) is 3.42. The molecule has 0 bridgehead atoms. The Balaban J connectivity index is 2.68. The molecule has 1 rings (SSSR count). The van der Waals surface area contributed by atoms with Crippen LogP contribution in [0.15, 0.2) is 18.2 Å². The lowest BCUT2D eigenvalue weighted by molar-refractivity contribution is 0.767. The average Bonchev–Trinajstić information content (AvgIpc) is 2.18. The largest absolute Gasteiger partial charge is 0.374 e. The topological polar surface area (TPSA) is 3.24 Å². The van der Waals surface area contributed by atoms with Crippen molar-refractivity contribution in [3.63, 3.8) is 0 Å². The van der Waals surface area contributed by atoms with Gasteiger partial charge >= 0.3 is 0 Å². The van der Waals surface area contributed by atoms with E-state index in [1.807, 2.05) is 0 Å². The Morgan fingerprint density at radius 2 is 1.73 bits per heavy atom. The van der Waals surface area contributed by atoms with Gasteiger partial charge in [-0.25, -0.2) is 0 Å². The number of para-hydroxylation sites is 1. The minimum atomic E-state index is 0.764. The second-order valence-corrected chi connectivity index (χ2v) is 4.44. The van der Waals surface area contributed by atoms with Gasteiger partial charge in [0.25, 0.3) is 0 Å². The number of halogens is 1. The molecule has 0 saturated heterocycles. The SMILES string of the molecule is Cc1cccc(C)c1N(C)CCCCCl. The van der Waals surface area contributed by atoms with Crippen LogP contribution in [0.5, 0.6) is 0 Å². The van der Waals surface area contributed by atoms with Gasteiger partial charge in [0.05, 0.1) is 0 Å². The molecule has 2 heteroatoms. The standard InChI is InChI=1S/C13H20ClN/c1-11-7-6-8-12(2)13(11)15(3)10-5-4-9-14/h6-8H,4-5,9-10H2,1-3H3. The molecular weight excluding hydrogens is 206 g/mol. The number of hydrogen-bond donors (Lipinski definition) is 0. The van der Waals surface area contributed by atoms with Crippen molar-refractivity contribution < 1.29 is 0 Å². The highest BCUT2D eigenvalue weighted by molar-refractivity contribution is 6.17. The molecule has 0 heterocycles. The zero-order valence-electron chi connectivity index (χ0n) is 9.89. The van der Waals surface area contributed by atoms with Gasteiger partial charge in [-0.1, -0.05) is 18.2 Å². The Morgan fingerprint density at radius 3 is 2.27 bits per heavy atom. The summed E-state index contributed by atoms with van der Waals surface area (Å²) >= 11 is 5.68. The molecule has 15 heavy (non-hydrogen) atoms. The Labute approximate surface area is 98.0 Å². The molecule has 0 atom stereocenters. The zero-order chi connectivity index (χ0) is 11.3. The number of hydrogen-bond acceptors (Lipinski definition) is 1. The second-order valence-electron chi connectivity index (χ2n) is 4.06. The summed E-state index contributed by atoms with van der Waals surface area (Å²) in [6.45, 7) is 5.42. The summed E-state index contributed by atoms with van der Waals surface area (Å²) in [7, 11) is 2.16. The van der Waals surface area contributed by atoms with Gasteiger partial charge in [0.15, 0.2) is 0 Å². The van der Waals surface area contributed by atoms with Gasteiger partial charge in [-0.05, 0) is 37.8 Å². The molecule has 0 unspecified atom stereocenters. The number of nitrogens with zero attached hydrogens (tertiary/aromatic N) is 1. The molecular formula is C13H20ClN. The number of aryl methyl sites for hydroxylation is 2. The molecule has 1 aromatic rings. The molecule has 0 spiro atoms. The molecule has 0 radical (unpaired) electrons. The summed E-state index contributed by atoms with van der Waals surface area (Å²) in [4.78, 5) is 2.33. The van der Waals surface area contributed by atoms with Crippen LogP contribution in [0.3, 0.4) is 0 Å². The number of rotatable bonds is 5. The predicted molar refractivity (Wildman–Crippen MR) is 69.1 cm³/mol. The summed E-state index contributed by atoms with van der Waals surface area (Å²) in [5, 5.41) is 0. The van der Waals surface area contributed by atoms with E-state index in [1.54, 1.807) is 0 Å². The van der Waals surface area contributed by atoms with E-state index in [0.29, 0.717) is 0 Å². The van der Waals surface area contributed by atoms with Crippen LogP contribution in [-0.4, -0.2) is 19.5 Å². The minimum absolute atomic E-state index is 0.764. The van der Waals surface area contributed by atoms with Gasteiger partial charge in [0.2, 0.25) is 0 Å². The number of benzene rings is 1. The molecule has 0 amide bonds. The molecule has 0 aliphatic carbocycles. The van der Waals surface area contributed by atoms with Crippen LogP contribution < -0.4 is 4.90 Å². The minimum Gasteiger partial charge on any atom is -0.374 e. The van der Waals surface area contributed by atoms with Crippen LogP contribution in [0.25, 0.3) is 0 Å². The molecule has 0 saturated carbocycles. The van der Waals surface area contributed by atoms with Gasteiger partial charge in [-0.3, -0.25) is 0 Å². The molecule has 0 fully saturated rings. The maximum absolute atomic E-state index is 5.68. The molecule has 0 aliphatic rings. The second kappa shape index (κ2) is 6.02.